The van der Waals surface area contributed by atoms with Crippen LogP contribution in [0.5, 0.6) is 0 Å². The predicted octanol–water partition coefficient (Wildman–Crippen LogP) is 1.46. The standard InChI is InChI=1S/C21H31N9O/c1-14-23-19-15(12-22-28(19)6)20(24-14)30-9-7-29(8-10-30)13-18(31)25-17-11-16(21(2,3)4)26-27(17)5/h11-12H,7-10,13H2,1-6H3,(H,25,31). The summed E-state index contributed by atoms with van der Waals surface area (Å²) >= 11 is 0. The van der Waals surface area contributed by atoms with Gasteiger partial charge in [0.25, 0.3) is 0 Å². The number of carbonyl (C=O) groups excluding carboxylic acids is 1. The summed E-state index contributed by atoms with van der Waals surface area (Å²) in [5.74, 6) is 2.36. The van der Waals surface area contributed by atoms with Gasteiger partial charge in [-0.1, -0.05) is 20.8 Å². The first-order chi connectivity index (χ1) is 14.6. The number of amides is 1. The molecule has 166 valence electrons. The van der Waals surface area contributed by atoms with Crippen LogP contribution in [0, 0.1) is 6.92 Å². The molecule has 0 unspecified atom stereocenters. The first kappa shape index (κ1) is 21.2. The highest BCUT2D eigenvalue weighted by molar-refractivity contribution is 5.91. The maximum absolute atomic E-state index is 12.6. The van der Waals surface area contributed by atoms with Gasteiger partial charge in [-0.3, -0.25) is 19.1 Å². The minimum atomic E-state index is -0.0594. The molecule has 0 radical (unpaired) electrons. The summed E-state index contributed by atoms with van der Waals surface area (Å²) in [6.07, 6.45) is 1.82. The van der Waals surface area contributed by atoms with Crippen molar-refractivity contribution in [2.24, 2.45) is 14.1 Å². The number of nitrogens with one attached hydrogen (secondary N) is 1. The van der Waals surface area contributed by atoms with E-state index in [-0.39, 0.29) is 11.3 Å². The molecule has 0 spiro atoms. The molecule has 1 amide bonds. The van der Waals surface area contributed by atoms with Crippen molar-refractivity contribution in [1.29, 1.82) is 0 Å². The summed E-state index contributed by atoms with van der Waals surface area (Å²) in [4.78, 5) is 26.2. The minimum Gasteiger partial charge on any atom is -0.353 e. The zero-order valence-corrected chi connectivity index (χ0v) is 19.2. The van der Waals surface area contributed by atoms with Crippen molar-refractivity contribution in [3.8, 4) is 0 Å². The van der Waals surface area contributed by atoms with Gasteiger partial charge < -0.3 is 10.2 Å². The lowest BCUT2D eigenvalue weighted by atomic mass is 9.92. The van der Waals surface area contributed by atoms with Gasteiger partial charge in [0.05, 0.1) is 23.8 Å². The Morgan fingerprint density at radius 2 is 1.81 bits per heavy atom. The highest BCUT2D eigenvalue weighted by Gasteiger charge is 2.24. The van der Waals surface area contributed by atoms with E-state index in [1.54, 1.807) is 9.36 Å². The van der Waals surface area contributed by atoms with Crippen LogP contribution in [0.2, 0.25) is 0 Å². The van der Waals surface area contributed by atoms with Crippen molar-refractivity contribution >= 4 is 28.6 Å². The van der Waals surface area contributed by atoms with E-state index in [0.717, 1.165) is 60.4 Å². The third-order valence-electron chi connectivity index (χ3n) is 5.64. The topological polar surface area (TPSA) is 97.0 Å². The fraction of sp³-hybridized carbons (Fsp3) is 0.571. The van der Waals surface area contributed by atoms with E-state index in [2.05, 4.69) is 56.1 Å². The third-order valence-corrected chi connectivity index (χ3v) is 5.64. The van der Waals surface area contributed by atoms with Gasteiger partial charge in [-0.25, -0.2) is 9.97 Å². The minimum absolute atomic E-state index is 0.0237. The van der Waals surface area contributed by atoms with Crippen LogP contribution in [0.4, 0.5) is 11.6 Å². The number of piperazine rings is 1. The molecule has 1 N–H and O–H groups in total. The summed E-state index contributed by atoms with van der Waals surface area (Å²) in [6.45, 7) is 11.8. The first-order valence-corrected chi connectivity index (χ1v) is 10.6. The largest absolute Gasteiger partial charge is 0.353 e. The number of fused-ring (bicyclic) bond motifs is 1. The van der Waals surface area contributed by atoms with Crippen molar-refractivity contribution in [3.63, 3.8) is 0 Å². The highest BCUT2D eigenvalue weighted by Crippen LogP contribution is 2.25. The van der Waals surface area contributed by atoms with Gasteiger partial charge in [0, 0.05) is 51.8 Å². The summed E-state index contributed by atoms with van der Waals surface area (Å²) in [5.41, 5.74) is 1.74. The van der Waals surface area contributed by atoms with Crippen molar-refractivity contribution in [2.75, 3.05) is 42.9 Å². The second-order valence-corrected chi connectivity index (χ2v) is 9.20. The quantitative estimate of drug-likeness (QED) is 0.676. The number of nitrogens with zero attached hydrogens (tertiary/aromatic N) is 8. The summed E-state index contributed by atoms with van der Waals surface area (Å²) in [7, 11) is 3.74. The van der Waals surface area contributed by atoms with E-state index in [0.29, 0.717) is 6.54 Å². The van der Waals surface area contributed by atoms with E-state index in [1.807, 2.05) is 33.3 Å². The fourth-order valence-corrected chi connectivity index (χ4v) is 3.81. The Labute approximate surface area is 182 Å². The van der Waals surface area contributed by atoms with Gasteiger partial charge in [0.15, 0.2) is 5.65 Å². The molecule has 1 aliphatic rings. The molecule has 0 bridgehead atoms. The molecule has 1 fully saturated rings. The van der Waals surface area contributed by atoms with Crippen LogP contribution in [0.3, 0.4) is 0 Å². The lowest BCUT2D eigenvalue weighted by Gasteiger charge is -2.35. The number of aromatic nitrogens is 6. The Morgan fingerprint density at radius 3 is 2.45 bits per heavy atom. The highest BCUT2D eigenvalue weighted by atomic mass is 16.2. The molecule has 0 atom stereocenters. The molecule has 0 aliphatic carbocycles. The first-order valence-electron chi connectivity index (χ1n) is 10.6. The van der Waals surface area contributed by atoms with Crippen LogP contribution in [-0.4, -0.2) is 73.1 Å². The molecule has 10 nitrogen and oxygen atoms in total. The van der Waals surface area contributed by atoms with E-state index in [4.69, 9.17) is 0 Å². The monoisotopic (exact) mass is 425 g/mol. The number of aryl methyl sites for hydroxylation is 3. The lowest BCUT2D eigenvalue weighted by Crippen LogP contribution is -2.49. The van der Waals surface area contributed by atoms with Gasteiger partial charge in [0.2, 0.25) is 5.91 Å². The fourth-order valence-electron chi connectivity index (χ4n) is 3.81. The SMILES string of the molecule is Cc1nc(N2CCN(CC(=O)Nc3cc(C(C)(C)C)nn3C)CC2)c2cnn(C)c2n1. The Balaban J connectivity index is 1.37. The van der Waals surface area contributed by atoms with Crippen LogP contribution < -0.4 is 10.2 Å². The van der Waals surface area contributed by atoms with Crippen LogP contribution in [0.1, 0.15) is 32.3 Å². The molecule has 4 rings (SSSR count). The van der Waals surface area contributed by atoms with Crippen LogP contribution >= 0.6 is 0 Å². The van der Waals surface area contributed by atoms with E-state index in [9.17, 15) is 4.79 Å². The molecular formula is C21H31N9O. The molecule has 10 heteroatoms. The van der Waals surface area contributed by atoms with E-state index in [1.165, 1.54) is 0 Å². The summed E-state index contributed by atoms with van der Waals surface area (Å²) in [5, 5.41) is 12.8. The third kappa shape index (κ3) is 4.39. The average Bonchev–Trinajstić information content (AvgIpc) is 3.25. The molecular weight excluding hydrogens is 394 g/mol. The second kappa shape index (κ2) is 7.92. The summed E-state index contributed by atoms with van der Waals surface area (Å²) in [6, 6.07) is 1.95. The average molecular weight is 426 g/mol. The maximum Gasteiger partial charge on any atom is 0.239 e. The number of carbonyl (C=O) groups is 1. The van der Waals surface area contributed by atoms with Gasteiger partial charge in [0.1, 0.15) is 17.5 Å². The van der Waals surface area contributed by atoms with Crippen molar-refractivity contribution in [3.05, 3.63) is 23.8 Å². The molecule has 31 heavy (non-hydrogen) atoms. The molecule has 1 aliphatic heterocycles. The molecule has 3 aromatic heterocycles. The Bertz CT molecular complexity index is 1100. The molecule has 0 saturated carbocycles. The molecule has 1 saturated heterocycles. The van der Waals surface area contributed by atoms with Gasteiger partial charge in [-0.15, -0.1) is 0 Å². The number of rotatable bonds is 4. The maximum atomic E-state index is 12.6. The van der Waals surface area contributed by atoms with Crippen LogP contribution in [0.15, 0.2) is 12.3 Å². The molecule has 4 heterocycles. The van der Waals surface area contributed by atoms with Crippen LogP contribution in [-0.2, 0) is 24.3 Å². The number of hydrogen-bond donors (Lipinski definition) is 1. The zero-order valence-electron chi connectivity index (χ0n) is 19.2. The van der Waals surface area contributed by atoms with Gasteiger partial charge >= 0.3 is 0 Å². The van der Waals surface area contributed by atoms with E-state index >= 15 is 0 Å². The normalized spacial score (nSPS) is 15.6. The Kier molecular flexibility index (Phi) is 5.42. The second-order valence-electron chi connectivity index (χ2n) is 9.20. The van der Waals surface area contributed by atoms with Crippen molar-refractivity contribution in [2.45, 2.75) is 33.1 Å². The number of anilines is 2. The number of hydrogen-bond acceptors (Lipinski definition) is 7. The Hall–Kier alpha value is -3.01. The zero-order chi connectivity index (χ0) is 22.3. The van der Waals surface area contributed by atoms with Crippen molar-refractivity contribution in [1.82, 2.24) is 34.4 Å². The van der Waals surface area contributed by atoms with Crippen molar-refractivity contribution < 1.29 is 4.79 Å². The predicted molar refractivity (Wildman–Crippen MR) is 120 cm³/mol. The molecule has 0 aromatic carbocycles. The molecule has 3 aromatic rings. The smallest absolute Gasteiger partial charge is 0.239 e. The van der Waals surface area contributed by atoms with E-state index < -0.39 is 0 Å². The summed E-state index contributed by atoms with van der Waals surface area (Å²) < 4.78 is 3.50. The van der Waals surface area contributed by atoms with Crippen LogP contribution in [0.25, 0.3) is 11.0 Å². The van der Waals surface area contributed by atoms with Gasteiger partial charge in [-0.05, 0) is 6.92 Å². The Morgan fingerprint density at radius 1 is 1.10 bits per heavy atom. The van der Waals surface area contributed by atoms with Gasteiger partial charge in [-0.2, -0.15) is 10.2 Å². The lowest BCUT2D eigenvalue weighted by molar-refractivity contribution is -0.117.